The Kier molecular flexibility index (Phi) is 4.91. The molecule has 0 fully saturated rings. The van der Waals surface area contributed by atoms with Gasteiger partial charge in [-0.05, 0) is 42.8 Å². The van der Waals surface area contributed by atoms with Crippen LogP contribution in [0.3, 0.4) is 0 Å². The predicted octanol–water partition coefficient (Wildman–Crippen LogP) is 5.10. The summed E-state index contributed by atoms with van der Waals surface area (Å²) in [6, 6.07) is 15.1. The molecule has 0 aliphatic rings. The highest BCUT2D eigenvalue weighted by Gasteiger charge is 1.99. The number of hydrogen-bond acceptors (Lipinski definition) is 1. The van der Waals surface area contributed by atoms with Gasteiger partial charge in [0.1, 0.15) is 0 Å². The standard InChI is InChI=1S/C18H15ClO/c1-14-6-8-15(9-7-14)4-2-3-5-18(20)16-10-12-17(19)13-11-16/h2-13H,1H3. The first-order chi connectivity index (χ1) is 9.65. The molecule has 0 saturated heterocycles. The Morgan fingerprint density at radius 2 is 1.60 bits per heavy atom. The molecular formula is C18H15ClO. The second-order valence-electron chi connectivity index (χ2n) is 4.50. The Hall–Kier alpha value is -2.12. The topological polar surface area (TPSA) is 17.1 Å². The molecule has 20 heavy (non-hydrogen) atoms. The fourth-order valence-electron chi connectivity index (χ4n) is 1.70. The lowest BCUT2D eigenvalue weighted by Crippen LogP contribution is -1.92. The van der Waals surface area contributed by atoms with Crippen LogP contribution in [0.2, 0.25) is 5.02 Å². The van der Waals surface area contributed by atoms with Gasteiger partial charge in [-0.1, -0.05) is 59.7 Å². The summed E-state index contributed by atoms with van der Waals surface area (Å²) in [5.41, 5.74) is 2.98. The molecule has 0 spiro atoms. The van der Waals surface area contributed by atoms with Gasteiger partial charge in [0.25, 0.3) is 0 Å². The summed E-state index contributed by atoms with van der Waals surface area (Å²) < 4.78 is 0. The number of rotatable bonds is 4. The smallest absolute Gasteiger partial charge is 0.185 e. The third-order valence-corrected chi connectivity index (χ3v) is 3.11. The Bertz CT molecular complexity index is 634. The molecule has 2 heteroatoms. The third-order valence-electron chi connectivity index (χ3n) is 2.85. The number of ketones is 1. The Morgan fingerprint density at radius 3 is 2.25 bits per heavy atom. The van der Waals surface area contributed by atoms with Crippen molar-refractivity contribution in [3.63, 3.8) is 0 Å². The van der Waals surface area contributed by atoms with Crippen molar-refractivity contribution < 1.29 is 4.79 Å². The SMILES string of the molecule is Cc1ccc(C=CC=CC(=O)c2ccc(Cl)cc2)cc1. The molecule has 0 aromatic heterocycles. The van der Waals surface area contributed by atoms with Gasteiger partial charge in [-0.3, -0.25) is 4.79 Å². The van der Waals surface area contributed by atoms with Crippen LogP contribution in [-0.4, -0.2) is 5.78 Å². The quantitative estimate of drug-likeness (QED) is 0.433. The zero-order chi connectivity index (χ0) is 14.4. The van der Waals surface area contributed by atoms with E-state index in [-0.39, 0.29) is 5.78 Å². The largest absolute Gasteiger partial charge is 0.289 e. The molecule has 0 saturated carbocycles. The second-order valence-corrected chi connectivity index (χ2v) is 4.94. The van der Waals surface area contributed by atoms with E-state index in [2.05, 4.69) is 19.1 Å². The van der Waals surface area contributed by atoms with Crippen molar-refractivity contribution in [3.8, 4) is 0 Å². The van der Waals surface area contributed by atoms with Crippen molar-refractivity contribution in [2.24, 2.45) is 0 Å². The highest BCUT2D eigenvalue weighted by atomic mass is 35.5. The minimum atomic E-state index is -0.0322. The first-order valence-electron chi connectivity index (χ1n) is 6.36. The number of hydrogen-bond donors (Lipinski definition) is 0. The van der Waals surface area contributed by atoms with Crippen LogP contribution in [0.4, 0.5) is 0 Å². The van der Waals surface area contributed by atoms with E-state index in [9.17, 15) is 4.79 Å². The van der Waals surface area contributed by atoms with Crippen LogP contribution in [0.25, 0.3) is 6.08 Å². The highest BCUT2D eigenvalue weighted by Crippen LogP contribution is 2.10. The van der Waals surface area contributed by atoms with Crippen LogP contribution in [-0.2, 0) is 0 Å². The minimum Gasteiger partial charge on any atom is -0.289 e. The molecule has 0 heterocycles. The highest BCUT2D eigenvalue weighted by molar-refractivity contribution is 6.30. The molecule has 2 aromatic carbocycles. The summed E-state index contributed by atoms with van der Waals surface area (Å²) in [7, 11) is 0. The molecule has 0 bridgehead atoms. The van der Waals surface area contributed by atoms with E-state index in [1.165, 1.54) is 5.56 Å². The van der Waals surface area contributed by atoms with Crippen molar-refractivity contribution in [1.82, 2.24) is 0 Å². The number of carbonyl (C=O) groups excluding carboxylic acids is 1. The maximum absolute atomic E-state index is 11.8. The van der Waals surface area contributed by atoms with Gasteiger partial charge < -0.3 is 0 Å². The van der Waals surface area contributed by atoms with Crippen molar-refractivity contribution in [2.45, 2.75) is 6.92 Å². The van der Waals surface area contributed by atoms with Gasteiger partial charge in [0, 0.05) is 10.6 Å². The van der Waals surface area contributed by atoms with Crippen LogP contribution < -0.4 is 0 Å². The van der Waals surface area contributed by atoms with Gasteiger partial charge in [-0.25, -0.2) is 0 Å². The molecule has 0 radical (unpaired) electrons. The summed E-state index contributed by atoms with van der Waals surface area (Å²) in [6.07, 6.45) is 7.12. The summed E-state index contributed by atoms with van der Waals surface area (Å²) in [6.45, 7) is 2.05. The van der Waals surface area contributed by atoms with E-state index in [0.717, 1.165) is 5.56 Å². The maximum Gasteiger partial charge on any atom is 0.185 e. The van der Waals surface area contributed by atoms with Gasteiger partial charge in [-0.15, -0.1) is 0 Å². The number of carbonyl (C=O) groups is 1. The van der Waals surface area contributed by atoms with Gasteiger partial charge in [0.2, 0.25) is 0 Å². The van der Waals surface area contributed by atoms with Crippen molar-refractivity contribution in [3.05, 3.63) is 88.5 Å². The summed E-state index contributed by atoms with van der Waals surface area (Å²) >= 11 is 5.78. The van der Waals surface area contributed by atoms with E-state index in [4.69, 9.17) is 11.6 Å². The number of benzene rings is 2. The van der Waals surface area contributed by atoms with E-state index < -0.39 is 0 Å². The molecule has 2 aromatic rings. The lowest BCUT2D eigenvalue weighted by atomic mass is 10.1. The number of halogens is 1. The second kappa shape index (κ2) is 6.88. The van der Waals surface area contributed by atoms with Crippen molar-refractivity contribution in [1.29, 1.82) is 0 Å². The average Bonchev–Trinajstić information content (AvgIpc) is 2.46. The summed E-state index contributed by atoms with van der Waals surface area (Å²) in [4.78, 5) is 11.8. The van der Waals surface area contributed by atoms with E-state index in [0.29, 0.717) is 10.6 Å². The molecule has 2 rings (SSSR count). The van der Waals surface area contributed by atoms with Crippen LogP contribution in [0.1, 0.15) is 21.5 Å². The van der Waals surface area contributed by atoms with Gasteiger partial charge >= 0.3 is 0 Å². The van der Waals surface area contributed by atoms with Gasteiger partial charge in [-0.2, -0.15) is 0 Å². The summed E-state index contributed by atoms with van der Waals surface area (Å²) in [5, 5.41) is 0.629. The van der Waals surface area contributed by atoms with Gasteiger partial charge in [0.15, 0.2) is 5.78 Å². The van der Waals surface area contributed by atoms with Crippen LogP contribution >= 0.6 is 11.6 Å². The fraction of sp³-hybridized carbons (Fsp3) is 0.0556. The first-order valence-corrected chi connectivity index (χ1v) is 6.74. The maximum atomic E-state index is 11.8. The fourth-order valence-corrected chi connectivity index (χ4v) is 1.82. The van der Waals surface area contributed by atoms with Crippen LogP contribution in [0, 0.1) is 6.92 Å². The van der Waals surface area contributed by atoms with Crippen molar-refractivity contribution >= 4 is 23.5 Å². The molecular weight excluding hydrogens is 268 g/mol. The molecule has 0 amide bonds. The number of aryl methyl sites for hydroxylation is 1. The van der Waals surface area contributed by atoms with Crippen LogP contribution in [0.5, 0.6) is 0 Å². The monoisotopic (exact) mass is 282 g/mol. The van der Waals surface area contributed by atoms with E-state index >= 15 is 0 Å². The molecule has 0 atom stereocenters. The molecule has 0 unspecified atom stereocenters. The van der Waals surface area contributed by atoms with Crippen molar-refractivity contribution in [2.75, 3.05) is 0 Å². The Labute approximate surface area is 124 Å². The molecule has 0 N–H and O–H groups in total. The predicted molar refractivity (Wildman–Crippen MR) is 85.1 cm³/mol. The normalized spacial score (nSPS) is 11.3. The lowest BCUT2D eigenvalue weighted by molar-refractivity contribution is 0.104. The Morgan fingerprint density at radius 1 is 0.950 bits per heavy atom. The van der Waals surface area contributed by atoms with Crippen LogP contribution in [0.15, 0.2) is 66.8 Å². The molecule has 0 aliphatic heterocycles. The zero-order valence-electron chi connectivity index (χ0n) is 11.2. The van der Waals surface area contributed by atoms with E-state index in [1.54, 1.807) is 36.4 Å². The first kappa shape index (κ1) is 14.3. The zero-order valence-corrected chi connectivity index (χ0v) is 12.0. The Balaban J connectivity index is 1.97. The molecule has 1 nitrogen and oxygen atoms in total. The average molecular weight is 283 g/mol. The van der Waals surface area contributed by atoms with Gasteiger partial charge in [0.05, 0.1) is 0 Å². The minimum absolute atomic E-state index is 0.0322. The molecule has 100 valence electrons. The lowest BCUT2D eigenvalue weighted by Gasteiger charge is -1.95. The van der Waals surface area contributed by atoms with E-state index in [1.807, 2.05) is 24.3 Å². The molecule has 0 aliphatic carbocycles. The third kappa shape index (κ3) is 4.22. The number of allylic oxidation sites excluding steroid dienone is 3. The summed E-state index contributed by atoms with van der Waals surface area (Å²) in [5.74, 6) is -0.0322.